The minimum absolute atomic E-state index is 0.0131. The molecule has 0 aliphatic heterocycles. The number of amides is 1. The summed E-state index contributed by atoms with van der Waals surface area (Å²) in [5, 5.41) is 23.0. The Labute approximate surface area is 385 Å². The molecule has 62 heavy (non-hydrogen) atoms. The summed E-state index contributed by atoms with van der Waals surface area (Å²) in [5.41, 5.74) is 0. The number of aliphatic hydroxyl groups is 2. The van der Waals surface area contributed by atoms with Crippen LogP contribution in [0.1, 0.15) is 271 Å². The number of carbonyl (C=O) groups is 2. The molecule has 6 nitrogen and oxygen atoms in total. The molecule has 0 aromatic heterocycles. The number of aliphatic hydroxyl groups excluding tert-OH is 2. The number of esters is 1. The first-order valence-electron chi connectivity index (χ1n) is 26.9. The van der Waals surface area contributed by atoms with E-state index in [0.29, 0.717) is 19.4 Å². The zero-order chi connectivity index (χ0) is 45.1. The molecule has 2 atom stereocenters. The maximum atomic E-state index is 12.4. The van der Waals surface area contributed by atoms with Gasteiger partial charge in [0.2, 0.25) is 5.91 Å². The van der Waals surface area contributed by atoms with Crippen molar-refractivity contribution >= 4 is 11.9 Å². The van der Waals surface area contributed by atoms with Gasteiger partial charge < -0.3 is 20.3 Å². The normalized spacial score (nSPS) is 13.0. The average molecular weight is 870 g/mol. The molecule has 0 heterocycles. The number of allylic oxidation sites excluding steroid dienone is 7. The molecule has 0 saturated heterocycles. The highest BCUT2D eigenvalue weighted by atomic mass is 16.5. The first kappa shape index (κ1) is 59.8. The Hall–Kier alpha value is -2.18. The first-order chi connectivity index (χ1) is 30.5. The van der Waals surface area contributed by atoms with Crippen LogP contribution in [0.5, 0.6) is 0 Å². The van der Waals surface area contributed by atoms with Crippen molar-refractivity contribution in [2.75, 3.05) is 13.2 Å². The highest BCUT2D eigenvalue weighted by Crippen LogP contribution is 2.15. The van der Waals surface area contributed by atoms with Crippen LogP contribution in [0.2, 0.25) is 0 Å². The zero-order valence-electron chi connectivity index (χ0n) is 41.1. The Morgan fingerprint density at radius 1 is 0.452 bits per heavy atom. The van der Waals surface area contributed by atoms with Crippen LogP contribution in [0.25, 0.3) is 0 Å². The van der Waals surface area contributed by atoms with E-state index in [1.165, 1.54) is 180 Å². The van der Waals surface area contributed by atoms with Gasteiger partial charge in [-0.1, -0.05) is 223 Å². The van der Waals surface area contributed by atoms with E-state index in [1.807, 2.05) is 6.08 Å². The third-order valence-corrected chi connectivity index (χ3v) is 12.0. The number of hydrogen-bond donors (Lipinski definition) is 3. The molecule has 0 bridgehead atoms. The maximum Gasteiger partial charge on any atom is 0.305 e. The summed E-state index contributed by atoms with van der Waals surface area (Å²) < 4.78 is 5.45. The summed E-state index contributed by atoms with van der Waals surface area (Å²) in [6.07, 6.45) is 64.0. The van der Waals surface area contributed by atoms with Gasteiger partial charge >= 0.3 is 5.97 Å². The van der Waals surface area contributed by atoms with Crippen molar-refractivity contribution in [3.8, 4) is 0 Å². The van der Waals surface area contributed by atoms with Crippen molar-refractivity contribution in [3.63, 3.8) is 0 Å². The van der Waals surface area contributed by atoms with E-state index < -0.39 is 12.1 Å². The Balaban J connectivity index is 3.48. The van der Waals surface area contributed by atoms with Crippen molar-refractivity contribution < 1.29 is 24.5 Å². The fourth-order valence-corrected chi connectivity index (χ4v) is 7.90. The van der Waals surface area contributed by atoms with E-state index in [0.717, 1.165) is 64.2 Å². The molecule has 2 unspecified atom stereocenters. The van der Waals surface area contributed by atoms with Crippen molar-refractivity contribution in [1.82, 2.24) is 5.32 Å². The largest absolute Gasteiger partial charge is 0.466 e. The lowest BCUT2D eigenvalue weighted by molar-refractivity contribution is -0.143. The smallest absolute Gasteiger partial charge is 0.305 e. The van der Waals surface area contributed by atoms with Crippen LogP contribution >= 0.6 is 0 Å². The Morgan fingerprint density at radius 3 is 1.31 bits per heavy atom. The van der Waals surface area contributed by atoms with E-state index in [-0.39, 0.29) is 18.5 Å². The molecule has 0 aromatic rings. The van der Waals surface area contributed by atoms with Crippen LogP contribution in [0.3, 0.4) is 0 Å². The lowest BCUT2D eigenvalue weighted by Gasteiger charge is -2.20. The van der Waals surface area contributed by atoms with Crippen molar-refractivity contribution in [1.29, 1.82) is 0 Å². The van der Waals surface area contributed by atoms with Crippen LogP contribution in [-0.4, -0.2) is 47.4 Å². The molecule has 1 amide bonds. The average Bonchev–Trinajstić information content (AvgIpc) is 3.27. The molecule has 0 aliphatic carbocycles. The number of nitrogens with one attached hydrogen (secondary N) is 1. The van der Waals surface area contributed by atoms with Crippen LogP contribution in [0.15, 0.2) is 48.6 Å². The van der Waals surface area contributed by atoms with Gasteiger partial charge in [-0.15, -0.1) is 0 Å². The van der Waals surface area contributed by atoms with Gasteiger partial charge in [-0.25, -0.2) is 0 Å². The second kappa shape index (κ2) is 51.5. The molecule has 0 spiro atoms. The third kappa shape index (κ3) is 47.3. The van der Waals surface area contributed by atoms with Crippen molar-refractivity contribution in [2.24, 2.45) is 0 Å². The second-order valence-corrected chi connectivity index (χ2v) is 18.2. The van der Waals surface area contributed by atoms with Gasteiger partial charge in [-0.05, 0) is 83.5 Å². The standard InChI is InChI=1S/C56H103NO5/c1-3-5-7-9-11-13-15-24-28-32-36-40-44-48-54(59)53(52-58)57-55(60)49-45-41-37-33-29-26-22-20-18-17-19-21-23-27-31-35-39-43-47-51-62-56(61)50-46-42-38-34-30-25-16-14-12-10-8-6-4-2/h8,10,14,16-18,44,48,53-54,58-59H,3-7,9,11-13,15,19-43,45-47,49-52H2,1-2H3,(H,57,60)/b10-8-,16-14-,18-17-,48-44+. The molecular weight excluding hydrogens is 767 g/mol. The molecule has 0 aliphatic rings. The molecule has 0 radical (unpaired) electrons. The van der Waals surface area contributed by atoms with Crippen LogP contribution in [0.4, 0.5) is 0 Å². The molecular formula is C56H103NO5. The Morgan fingerprint density at radius 2 is 0.839 bits per heavy atom. The number of rotatable bonds is 49. The van der Waals surface area contributed by atoms with E-state index in [9.17, 15) is 19.8 Å². The highest BCUT2D eigenvalue weighted by molar-refractivity contribution is 5.76. The first-order valence-corrected chi connectivity index (χ1v) is 26.9. The van der Waals surface area contributed by atoms with E-state index in [4.69, 9.17) is 4.74 Å². The van der Waals surface area contributed by atoms with Gasteiger partial charge in [0, 0.05) is 12.8 Å². The van der Waals surface area contributed by atoms with Gasteiger partial charge in [-0.3, -0.25) is 9.59 Å². The number of carbonyl (C=O) groups excluding carboxylic acids is 2. The highest BCUT2D eigenvalue weighted by Gasteiger charge is 2.18. The van der Waals surface area contributed by atoms with Gasteiger partial charge in [0.1, 0.15) is 0 Å². The van der Waals surface area contributed by atoms with E-state index in [2.05, 4.69) is 55.6 Å². The van der Waals surface area contributed by atoms with Crippen molar-refractivity contribution in [3.05, 3.63) is 48.6 Å². The molecule has 3 N–H and O–H groups in total. The van der Waals surface area contributed by atoms with Gasteiger partial charge in [0.05, 0.1) is 25.4 Å². The Bertz CT molecular complexity index is 1050. The fourth-order valence-electron chi connectivity index (χ4n) is 7.90. The molecule has 0 fully saturated rings. The second-order valence-electron chi connectivity index (χ2n) is 18.2. The molecule has 6 heteroatoms. The molecule has 0 aromatic carbocycles. The molecule has 362 valence electrons. The van der Waals surface area contributed by atoms with Crippen LogP contribution in [0, 0.1) is 0 Å². The Kier molecular flexibility index (Phi) is 49.6. The predicted molar refractivity (Wildman–Crippen MR) is 269 cm³/mol. The summed E-state index contributed by atoms with van der Waals surface area (Å²) in [4.78, 5) is 24.4. The minimum Gasteiger partial charge on any atom is -0.466 e. The number of unbranched alkanes of at least 4 members (excludes halogenated alkanes) is 32. The lowest BCUT2D eigenvalue weighted by Crippen LogP contribution is -2.45. The summed E-state index contributed by atoms with van der Waals surface area (Å²) in [6, 6.07) is -0.635. The van der Waals surface area contributed by atoms with Gasteiger partial charge in [-0.2, -0.15) is 0 Å². The zero-order valence-corrected chi connectivity index (χ0v) is 41.1. The molecule has 0 saturated carbocycles. The third-order valence-electron chi connectivity index (χ3n) is 12.0. The summed E-state index contributed by atoms with van der Waals surface area (Å²) in [7, 11) is 0. The van der Waals surface area contributed by atoms with Gasteiger partial charge in [0.15, 0.2) is 0 Å². The summed E-state index contributed by atoms with van der Waals surface area (Å²) in [6.45, 7) is 4.81. The molecule has 0 rings (SSSR count). The van der Waals surface area contributed by atoms with E-state index in [1.54, 1.807) is 6.08 Å². The summed E-state index contributed by atoms with van der Waals surface area (Å²) in [5.74, 6) is -0.0924. The van der Waals surface area contributed by atoms with E-state index >= 15 is 0 Å². The SMILES string of the molecule is CCC/C=C\C/C=C\CCCCCCCC(=O)OCCCCCCCCCC/C=C\CCCCCCCCCC(=O)NC(CO)C(O)/C=C/CCCCCCCCCCCCC. The minimum atomic E-state index is -0.850. The van der Waals surface area contributed by atoms with Gasteiger partial charge in [0.25, 0.3) is 0 Å². The predicted octanol–water partition coefficient (Wildman–Crippen LogP) is 16.2. The van der Waals surface area contributed by atoms with Crippen LogP contribution < -0.4 is 5.32 Å². The number of ether oxygens (including phenoxy) is 1. The van der Waals surface area contributed by atoms with Crippen molar-refractivity contribution in [2.45, 2.75) is 283 Å². The maximum absolute atomic E-state index is 12.4. The monoisotopic (exact) mass is 870 g/mol. The number of hydrogen-bond acceptors (Lipinski definition) is 5. The summed E-state index contributed by atoms with van der Waals surface area (Å²) >= 11 is 0. The van der Waals surface area contributed by atoms with Crippen LogP contribution in [-0.2, 0) is 14.3 Å². The lowest BCUT2D eigenvalue weighted by atomic mass is 10.0. The fraction of sp³-hybridized carbons (Fsp3) is 0.821. The quantitative estimate of drug-likeness (QED) is 0.0322. The topological polar surface area (TPSA) is 95.9 Å².